The summed E-state index contributed by atoms with van der Waals surface area (Å²) in [6.07, 6.45) is 0. The van der Waals surface area contributed by atoms with E-state index in [-0.39, 0.29) is 10.5 Å². The molecule has 3 atom stereocenters. The Hall–Kier alpha value is 0.500. The fourth-order valence-electron chi connectivity index (χ4n) is 1.49. The predicted octanol–water partition coefficient (Wildman–Crippen LogP) is 1.88. The quantitative estimate of drug-likeness (QED) is 0.702. The van der Waals surface area contributed by atoms with Crippen molar-refractivity contribution in [3.8, 4) is 0 Å². The van der Waals surface area contributed by atoms with Gasteiger partial charge >= 0.3 is 0 Å². The largest absolute Gasteiger partial charge is 0.345 e. The van der Waals surface area contributed by atoms with Crippen LogP contribution in [0.25, 0.3) is 0 Å². The molecule has 1 aliphatic heterocycles. The molecule has 3 unspecified atom stereocenters. The lowest BCUT2D eigenvalue weighted by atomic mass is 10.2. The molecule has 0 aliphatic carbocycles. The van der Waals surface area contributed by atoms with Gasteiger partial charge < -0.3 is 4.89 Å². The molecule has 3 nitrogen and oxygen atoms in total. The minimum Gasteiger partial charge on any atom is -0.345 e. The molecule has 0 aromatic rings. The summed E-state index contributed by atoms with van der Waals surface area (Å²) >= 11 is 1.77. The van der Waals surface area contributed by atoms with Crippen LogP contribution in [0.3, 0.4) is 0 Å². The molecular formula is C8H18NO2PS. The number of hydrogen-bond donors (Lipinski definition) is 2. The zero-order chi connectivity index (χ0) is 10.2. The van der Waals surface area contributed by atoms with E-state index in [4.69, 9.17) is 4.89 Å². The van der Waals surface area contributed by atoms with E-state index in [9.17, 15) is 4.57 Å². The molecule has 0 aromatic carbocycles. The zero-order valence-corrected chi connectivity index (χ0v) is 10.3. The van der Waals surface area contributed by atoms with Gasteiger partial charge in [0.05, 0.1) is 11.2 Å². The molecule has 0 radical (unpaired) electrons. The molecule has 0 saturated carbocycles. The van der Waals surface area contributed by atoms with Gasteiger partial charge in [0.1, 0.15) is 0 Å². The first-order valence-corrected chi connectivity index (χ1v) is 6.82. The topological polar surface area (TPSA) is 49.3 Å². The first-order chi connectivity index (χ1) is 5.84. The number of rotatable bonds is 2. The highest BCUT2D eigenvalue weighted by Crippen LogP contribution is 2.47. The zero-order valence-electron chi connectivity index (χ0n) is 8.50. The van der Waals surface area contributed by atoms with Crippen LogP contribution in [0.2, 0.25) is 0 Å². The molecule has 5 heteroatoms. The van der Waals surface area contributed by atoms with Gasteiger partial charge in [0, 0.05) is 4.75 Å². The van der Waals surface area contributed by atoms with Crippen molar-refractivity contribution in [1.82, 2.24) is 5.32 Å². The lowest BCUT2D eigenvalue weighted by molar-refractivity contribution is 0.437. The smallest absolute Gasteiger partial charge is 0.206 e. The van der Waals surface area contributed by atoms with Crippen molar-refractivity contribution < 1.29 is 9.46 Å². The minimum absolute atomic E-state index is 0.125. The second-order valence-corrected chi connectivity index (χ2v) is 7.37. The highest BCUT2D eigenvalue weighted by atomic mass is 32.2. The van der Waals surface area contributed by atoms with Gasteiger partial charge in [-0.05, 0) is 19.8 Å². The Balaban J connectivity index is 2.74. The molecule has 1 aliphatic rings. The highest BCUT2D eigenvalue weighted by molar-refractivity contribution is 8.01. The third kappa shape index (κ3) is 2.50. The van der Waals surface area contributed by atoms with Gasteiger partial charge in [0.25, 0.3) is 0 Å². The first-order valence-electron chi connectivity index (χ1n) is 4.51. The van der Waals surface area contributed by atoms with Crippen molar-refractivity contribution in [2.45, 2.75) is 43.6 Å². The summed E-state index contributed by atoms with van der Waals surface area (Å²) in [7, 11) is -2.47. The average Bonchev–Trinajstić information content (AvgIpc) is 2.25. The van der Waals surface area contributed by atoms with E-state index >= 15 is 0 Å². The van der Waals surface area contributed by atoms with Crippen LogP contribution in [-0.4, -0.2) is 20.8 Å². The molecule has 0 aromatic heterocycles. The van der Waals surface area contributed by atoms with E-state index < -0.39 is 8.03 Å². The summed E-state index contributed by atoms with van der Waals surface area (Å²) in [4.78, 5) is 9.16. The summed E-state index contributed by atoms with van der Waals surface area (Å²) < 4.78 is 11.0. The third-order valence-corrected chi connectivity index (χ3v) is 5.68. The van der Waals surface area contributed by atoms with Crippen molar-refractivity contribution in [3.63, 3.8) is 0 Å². The van der Waals surface area contributed by atoms with Crippen LogP contribution in [0.15, 0.2) is 0 Å². The molecule has 1 rings (SSSR count). The number of hydrogen-bond acceptors (Lipinski definition) is 3. The van der Waals surface area contributed by atoms with Crippen molar-refractivity contribution in [3.05, 3.63) is 0 Å². The Kier molecular flexibility index (Phi) is 3.50. The van der Waals surface area contributed by atoms with Gasteiger partial charge in [-0.15, -0.1) is 11.8 Å². The first kappa shape index (κ1) is 11.6. The third-order valence-electron chi connectivity index (χ3n) is 2.31. The van der Waals surface area contributed by atoms with E-state index in [0.717, 1.165) is 0 Å². The summed E-state index contributed by atoms with van der Waals surface area (Å²) in [5.41, 5.74) is 0. The molecule has 78 valence electrons. The van der Waals surface area contributed by atoms with Crippen LogP contribution in [0, 0.1) is 5.92 Å². The fourth-order valence-corrected chi connectivity index (χ4v) is 4.37. The summed E-state index contributed by atoms with van der Waals surface area (Å²) in [5, 5.41) is 3.53. The van der Waals surface area contributed by atoms with E-state index in [0.29, 0.717) is 11.3 Å². The number of thioether (sulfide) groups is 1. The summed E-state index contributed by atoms with van der Waals surface area (Å²) in [5.74, 6) is 0.255. The molecule has 1 heterocycles. The van der Waals surface area contributed by atoms with Crippen LogP contribution in [0.4, 0.5) is 0 Å². The lowest BCUT2D eigenvalue weighted by Gasteiger charge is -2.22. The SMILES string of the molecule is CC(C)C1NC([PH](=O)O)C(C)(C)S1. The lowest BCUT2D eigenvalue weighted by Crippen LogP contribution is -2.36. The van der Waals surface area contributed by atoms with Crippen molar-refractivity contribution in [2.24, 2.45) is 5.92 Å². The Labute approximate surface area is 84.5 Å². The monoisotopic (exact) mass is 223 g/mol. The number of nitrogens with one attached hydrogen (secondary N) is 1. The molecule has 13 heavy (non-hydrogen) atoms. The Morgan fingerprint density at radius 2 is 2.08 bits per heavy atom. The molecule has 2 N–H and O–H groups in total. The summed E-state index contributed by atoms with van der Waals surface area (Å²) in [6, 6.07) is 0. The van der Waals surface area contributed by atoms with Gasteiger partial charge in [-0.25, -0.2) is 0 Å². The molecule has 0 amide bonds. The van der Waals surface area contributed by atoms with Crippen LogP contribution in [0.1, 0.15) is 27.7 Å². The van der Waals surface area contributed by atoms with Gasteiger partial charge in [0.15, 0.2) is 0 Å². The average molecular weight is 223 g/mol. The van der Waals surface area contributed by atoms with E-state index in [1.54, 1.807) is 11.8 Å². The maximum atomic E-state index is 11.1. The van der Waals surface area contributed by atoms with Crippen LogP contribution >= 0.6 is 19.8 Å². The van der Waals surface area contributed by atoms with Crippen LogP contribution in [0.5, 0.6) is 0 Å². The maximum absolute atomic E-state index is 11.1. The van der Waals surface area contributed by atoms with Gasteiger partial charge in [-0.3, -0.25) is 9.88 Å². The summed E-state index contributed by atoms with van der Waals surface area (Å²) in [6.45, 7) is 8.29. The van der Waals surface area contributed by atoms with Crippen LogP contribution < -0.4 is 5.32 Å². The van der Waals surface area contributed by atoms with E-state index in [2.05, 4.69) is 19.2 Å². The predicted molar refractivity (Wildman–Crippen MR) is 58.4 cm³/mol. The van der Waals surface area contributed by atoms with Crippen molar-refractivity contribution in [1.29, 1.82) is 0 Å². The molecule has 1 saturated heterocycles. The standard InChI is InChI=1S/C8H18NO2PS/c1-5(2)6-9-7(12(10)11)8(3,4)13-6/h5-7,9,12H,1-4H3,(H,10,11). The normalized spacial score (nSPS) is 35.2. The van der Waals surface area contributed by atoms with Gasteiger partial charge in [-0.2, -0.15) is 0 Å². The minimum atomic E-state index is -2.47. The fraction of sp³-hybridized carbons (Fsp3) is 1.00. The maximum Gasteiger partial charge on any atom is 0.206 e. The Morgan fingerprint density at radius 1 is 1.54 bits per heavy atom. The molecular weight excluding hydrogens is 205 g/mol. The van der Waals surface area contributed by atoms with E-state index in [1.165, 1.54) is 0 Å². The molecule has 1 fully saturated rings. The van der Waals surface area contributed by atoms with Crippen molar-refractivity contribution >= 4 is 19.8 Å². The van der Waals surface area contributed by atoms with Crippen LogP contribution in [-0.2, 0) is 4.57 Å². The second kappa shape index (κ2) is 3.93. The Bertz CT molecular complexity index is 220. The highest BCUT2D eigenvalue weighted by Gasteiger charge is 2.44. The molecule has 0 bridgehead atoms. The second-order valence-electron chi connectivity index (χ2n) is 4.32. The Morgan fingerprint density at radius 3 is 2.31 bits per heavy atom. The van der Waals surface area contributed by atoms with Gasteiger partial charge in [-0.1, -0.05) is 13.8 Å². The van der Waals surface area contributed by atoms with Gasteiger partial charge in [0.2, 0.25) is 8.03 Å². The molecule has 0 spiro atoms. The van der Waals surface area contributed by atoms with E-state index in [1.807, 2.05) is 13.8 Å². The van der Waals surface area contributed by atoms with Crippen molar-refractivity contribution in [2.75, 3.05) is 0 Å².